The molecule has 0 fully saturated rings. The fourth-order valence-corrected chi connectivity index (χ4v) is 1.79. The largest absolute Gasteiger partial charge is 0.330 e. The summed E-state index contributed by atoms with van der Waals surface area (Å²) in [5.41, 5.74) is 8.76. The number of nitrogens with two attached hydrogens (primary N) is 1. The Morgan fingerprint density at radius 2 is 1.82 bits per heavy atom. The fraction of sp³-hybridized carbons (Fsp3) is 0.600. The van der Waals surface area contributed by atoms with Gasteiger partial charge in [-0.1, -0.05) is 45.0 Å². The third kappa shape index (κ3) is 4.88. The molecule has 3 N–H and O–H groups in total. The minimum Gasteiger partial charge on any atom is -0.330 e. The second-order valence-electron chi connectivity index (χ2n) is 5.43. The summed E-state index contributed by atoms with van der Waals surface area (Å²) >= 11 is 0. The van der Waals surface area contributed by atoms with Crippen LogP contribution in [0.1, 0.15) is 38.3 Å². The lowest BCUT2D eigenvalue weighted by atomic mass is 9.90. The fourth-order valence-electron chi connectivity index (χ4n) is 1.79. The van der Waals surface area contributed by atoms with Crippen LogP contribution >= 0.6 is 0 Å². The molecule has 0 spiro atoms. The van der Waals surface area contributed by atoms with Gasteiger partial charge in [0, 0.05) is 13.1 Å². The molecule has 0 amide bonds. The van der Waals surface area contributed by atoms with Crippen LogP contribution in [0, 0.1) is 5.41 Å². The molecule has 0 heterocycles. The zero-order chi connectivity index (χ0) is 12.7. The maximum atomic E-state index is 5.63. The van der Waals surface area contributed by atoms with Crippen molar-refractivity contribution in [2.24, 2.45) is 11.1 Å². The van der Waals surface area contributed by atoms with Crippen LogP contribution in [0.25, 0.3) is 0 Å². The van der Waals surface area contributed by atoms with Crippen molar-refractivity contribution in [1.29, 1.82) is 0 Å². The van der Waals surface area contributed by atoms with Crippen LogP contribution in [-0.4, -0.2) is 13.1 Å². The Hall–Kier alpha value is -0.860. The number of hydrogen-bond acceptors (Lipinski definition) is 2. The van der Waals surface area contributed by atoms with E-state index in [-0.39, 0.29) is 0 Å². The summed E-state index contributed by atoms with van der Waals surface area (Å²) in [6.45, 7) is 9.55. The van der Waals surface area contributed by atoms with Gasteiger partial charge in [0.05, 0.1) is 0 Å². The van der Waals surface area contributed by atoms with Crippen molar-refractivity contribution < 1.29 is 0 Å². The van der Waals surface area contributed by atoms with Crippen LogP contribution in [0.15, 0.2) is 24.3 Å². The van der Waals surface area contributed by atoms with E-state index in [0.717, 1.165) is 26.1 Å². The minimum atomic E-state index is 0.378. The van der Waals surface area contributed by atoms with Gasteiger partial charge in [-0.3, -0.25) is 0 Å². The molecule has 17 heavy (non-hydrogen) atoms. The first-order chi connectivity index (χ1) is 8.09. The number of rotatable bonds is 7. The number of hydrogen-bond donors (Lipinski definition) is 2. The Balaban J connectivity index is 2.51. The molecule has 0 saturated carbocycles. The molecule has 1 aromatic rings. The second-order valence-corrected chi connectivity index (χ2v) is 5.43. The molecule has 96 valence electrons. The van der Waals surface area contributed by atoms with Gasteiger partial charge in [0.2, 0.25) is 0 Å². The van der Waals surface area contributed by atoms with E-state index in [2.05, 4.69) is 50.4 Å². The van der Waals surface area contributed by atoms with Crippen molar-refractivity contribution in [1.82, 2.24) is 5.32 Å². The smallest absolute Gasteiger partial charge is 0.0208 e. The summed E-state index contributed by atoms with van der Waals surface area (Å²) in [4.78, 5) is 0. The molecule has 0 aliphatic heterocycles. The van der Waals surface area contributed by atoms with E-state index in [9.17, 15) is 0 Å². The highest BCUT2D eigenvalue weighted by atomic mass is 14.9. The molecule has 0 atom stereocenters. The zero-order valence-electron chi connectivity index (χ0n) is 11.4. The van der Waals surface area contributed by atoms with Gasteiger partial charge in [0.15, 0.2) is 0 Å². The van der Waals surface area contributed by atoms with Gasteiger partial charge in [-0.2, -0.15) is 0 Å². The first kappa shape index (κ1) is 14.2. The van der Waals surface area contributed by atoms with Gasteiger partial charge in [0.1, 0.15) is 0 Å². The van der Waals surface area contributed by atoms with E-state index in [0.29, 0.717) is 5.41 Å². The molecule has 1 rings (SSSR count). The lowest BCUT2D eigenvalue weighted by Crippen LogP contribution is -2.28. The lowest BCUT2D eigenvalue weighted by Gasteiger charge is -2.23. The van der Waals surface area contributed by atoms with Crippen LogP contribution in [0.5, 0.6) is 0 Å². The van der Waals surface area contributed by atoms with E-state index in [1.165, 1.54) is 17.5 Å². The first-order valence-electron chi connectivity index (χ1n) is 6.56. The van der Waals surface area contributed by atoms with Gasteiger partial charge in [-0.05, 0) is 35.9 Å². The Bertz CT molecular complexity index is 331. The summed E-state index contributed by atoms with van der Waals surface area (Å²) in [5, 5.41) is 3.55. The molecule has 0 saturated heterocycles. The van der Waals surface area contributed by atoms with Crippen molar-refractivity contribution >= 4 is 0 Å². The highest BCUT2D eigenvalue weighted by Gasteiger charge is 2.14. The van der Waals surface area contributed by atoms with Crippen LogP contribution in [0.3, 0.4) is 0 Å². The van der Waals surface area contributed by atoms with Crippen LogP contribution in [-0.2, 0) is 13.0 Å². The number of benzene rings is 1. The molecule has 0 radical (unpaired) electrons. The molecule has 0 bridgehead atoms. The van der Waals surface area contributed by atoms with E-state index >= 15 is 0 Å². The highest BCUT2D eigenvalue weighted by Crippen LogP contribution is 2.18. The molecule has 1 aromatic carbocycles. The predicted octanol–water partition coefficient (Wildman–Crippen LogP) is 2.71. The highest BCUT2D eigenvalue weighted by molar-refractivity contribution is 5.27. The Kier molecular flexibility index (Phi) is 5.66. The summed E-state index contributed by atoms with van der Waals surface area (Å²) < 4.78 is 0. The predicted molar refractivity (Wildman–Crippen MR) is 75.0 cm³/mol. The standard InChI is InChI=1S/C15H26N2/c1-4-15(2,3)12-17-11-14-8-6-5-7-13(14)9-10-16/h5-8,17H,4,9-12,16H2,1-3H3. The minimum absolute atomic E-state index is 0.378. The summed E-state index contributed by atoms with van der Waals surface area (Å²) in [6.07, 6.45) is 2.17. The quantitative estimate of drug-likeness (QED) is 0.761. The molecule has 2 nitrogen and oxygen atoms in total. The van der Waals surface area contributed by atoms with E-state index < -0.39 is 0 Å². The summed E-state index contributed by atoms with van der Waals surface area (Å²) in [7, 11) is 0. The summed E-state index contributed by atoms with van der Waals surface area (Å²) in [6, 6.07) is 8.55. The van der Waals surface area contributed by atoms with Crippen molar-refractivity contribution in [3.63, 3.8) is 0 Å². The third-order valence-corrected chi connectivity index (χ3v) is 3.41. The Labute approximate surface area is 106 Å². The topological polar surface area (TPSA) is 38.0 Å². The second kappa shape index (κ2) is 6.77. The van der Waals surface area contributed by atoms with Gasteiger partial charge < -0.3 is 11.1 Å². The monoisotopic (exact) mass is 234 g/mol. The van der Waals surface area contributed by atoms with Gasteiger partial charge >= 0.3 is 0 Å². The normalized spacial score (nSPS) is 11.8. The maximum absolute atomic E-state index is 5.63. The van der Waals surface area contributed by atoms with Gasteiger partial charge in [-0.15, -0.1) is 0 Å². The molecule has 0 aliphatic rings. The van der Waals surface area contributed by atoms with E-state index in [4.69, 9.17) is 5.73 Å². The third-order valence-electron chi connectivity index (χ3n) is 3.41. The van der Waals surface area contributed by atoms with Crippen molar-refractivity contribution in [2.45, 2.75) is 40.2 Å². The SMILES string of the molecule is CCC(C)(C)CNCc1ccccc1CCN. The van der Waals surface area contributed by atoms with Crippen molar-refractivity contribution in [2.75, 3.05) is 13.1 Å². The summed E-state index contributed by atoms with van der Waals surface area (Å²) in [5.74, 6) is 0. The molecule has 0 aliphatic carbocycles. The maximum Gasteiger partial charge on any atom is 0.0208 e. The molecular weight excluding hydrogens is 208 g/mol. The first-order valence-corrected chi connectivity index (χ1v) is 6.56. The molecule has 0 aromatic heterocycles. The number of nitrogens with one attached hydrogen (secondary N) is 1. The zero-order valence-corrected chi connectivity index (χ0v) is 11.4. The Morgan fingerprint density at radius 3 is 2.41 bits per heavy atom. The lowest BCUT2D eigenvalue weighted by molar-refractivity contribution is 0.327. The van der Waals surface area contributed by atoms with Crippen molar-refractivity contribution in [3.8, 4) is 0 Å². The molecule has 2 heteroatoms. The van der Waals surface area contributed by atoms with Gasteiger partial charge in [0.25, 0.3) is 0 Å². The van der Waals surface area contributed by atoms with E-state index in [1.807, 2.05) is 0 Å². The Morgan fingerprint density at radius 1 is 1.18 bits per heavy atom. The molecule has 0 unspecified atom stereocenters. The average Bonchev–Trinajstić information content (AvgIpc) is 2.31. The average molecular weight is 234 g/mol. The van der Waals surface area contributed by atoms with E-state index in [1.54, 1.807) is 0 Å². The molecular formula is C15H26N2. The van der Waals surface area contributed by atoms with Crippen LogP contribution in [0.4, 0.5) is 0 Å². The van der Waals surface area contributed by atoms with Crippen LogP contribution < -0.4 is 11.1 Å². The van der Waals surface area contributed by atoms with Crippen LogP contribution in [0.2, 0.25) is 0 Å². The van der Waals surface area contributed by atoms with Crippen molar-refractivity contribution in [3.05, 3.63) is 35.4 Å². The van der Waals surface area contributed by atoms with Gasteiger partial charge in [-0.25, -0.2) is 0 Å².